The molecule has 2 rings (SSSR count). The van der Waals surface area contributed by atoms with Crippen molar-refractivity contribution in [1.82, 2.24) is 0 Å². The lowest BCUT2D eigenvalue weighted by Crippen LogP contribution is -2.24. The Hall–Kier alpha value is -2.90. The van der Waals surface area contributed by atoms with Crippen LogP contribution in [0.3, 0.4) is 0 Å². The van der Waals surface area contributed by atoms with Crippen LogP contribution in [0.25, 0.3) is 0 Å². The topological polar surface area (TPSA) is 67.5 Å². The molecule has 2 aromatic rings. The van der Waals surface area contributed by atoms with Gasteiger partial charge in [-0.3, -0.25) is 4.79 Å². The summed E-state index contributed by atoms with van der Waals surface area (Å²) in [6.07, 6.45) is -4.36. The molecule has 0 heterocycles. The third kappa shape index (κ3) is 5.09. The van der Waals surface area contributed by atoms with Crippen LogP contribution in [0.15, 0.2) is 41.5 Å². The Kier molecular flexibility index (Phi) is 6.43. The highest BCUT2D eigenvalue weighted by molar-refractivity contribution is 6.04. The molecule has 0 aliphatic rings. The lowest BCUT2D eigenvalue weighted by Gasteiger charge is -2.16. The smallest absolute Gasteiger partial charge is 0.326 e. The van der Waals surface area contributed by atoms with Gasteiger partial charge in [0.25, 0.3) is 0 Å². The molecule has 0 radical (unpaired) electrons. The summed E-state index contributed by atoms with van der Waals surface area (Å²) in [4.78, 5) is 12.4. The molecular weight excluding hydrogens is 374 g/mol. The van der Waals surface area contributed by atoms with Gasteiger partial charge in [-0.1, -0.05) is 19.1 Å². The van der Waals surface area contributed by atoms with E-state index in [4.69, 9.17) is 5.84 Å². The summed E-state index contributed by atoms with van der Waals surface area (Å²) in [5.41, 5.74) is 0.710. The molecule has 0 saturated carbocycles. The van der Waals surface area contributed by atoms with Crippen molar-refractivity contribution in [2.24, 2.45) is 16.9 Å². The standard InChI is InChI=1S/C20H21F4N3O/c1-11-4-6-15(10-16(11)20(22,23)24)26-19(28)13(3)9-18(27-25)14-5-7-17(21)12(2)8-14/h4-8,10,13H,9,25H2,1-3H3,(H,26,28)/b27-18+. The van der Waals surface area contributed by atoms with Crippen molar-refractivity contribution < 1.29 is 22.4 Å². The summed E-state index contributed by atoms with van der Waals surface area (Å²) >= 11 is 0. The molecule has 0 aliphatic heterocycles. The zero-order valence-corrected chi connectivity index (χ0v) is 15.7. The molecule has 0 bridgehead atoms. The summed E-state index contributed by atoms with van der Waals surface area (Å²) in [6.45, 7) is 4.56. The van der Waals surface area contributed by atoms with Crippen LogP contribution >= 0.6 is 0 Å². The maximum Gasteiger partial charge on any atom is 0.416 e. The van der Waals surface area contributed by atoms with E-state index in [1.807, 2.05) is 0 Å². The number of nitrogens with two attached hydrogens (primary N) is 1. The molecule has 150 valence electrons. The van der Waals surface area contributed by atoms with Gasteiger partial charge < -0.3 is 11.2 Å². The van der Waals surface area contributed by atoms with Crippen molar-refractivity contribution in [1.29, 1.82) is 0 Å². The van der Waals surface area contributed by atoms with E-state index in [0.717, 1.165) is 6.07 Å². The average Bonchev–Trinajstić information content (AvgIpc) is 2.62. The number of nitrogens with zero attached hydrogens (tertiary/aromatic N) is 1. The summed E-state index contributed by atoms with van der Waals surface area (Å²) in [6, 6.07) is 7.98. The Morgan fingerprint density at radius 1 is 1.14 bits per heavy atom. The molecule has 0 aliphatic carbocycles. The van der Waals surface area contributed by atoms with Crippen LogP contribution in [0, 0.1) is 25.6 Å². The number of carbonyl (C=O) groups excluding carboxylic acids is 1. The van der Waals surface area contributed by atoms with Gasteiger partial charge in [-0.05, 0) is 54.8 Å². The van der Waals surface area contributed by atoms with Crippen LogP contribution in [-0.4, -0.2) is 11.6 Å². The van der Waals surface area contributed by atoms with Crippen LogP contribution < -0.4 is 11.2 Å². The van der Waals surface area contributed by atoms with Gasteiger partial charge in [0.1, 0.15) is 5.82 Å². The van der Waals surface area contributed by atoms with E-state index in [-0.39, 0.29) is 23.5 Å². The first-order valence-electron chi connectivity index (χ1n) is 8.55. The minimum Gasteiger partial charge on any atom is -0.326 e. The number of rotatable bonds is 5. The highest BCUT2D eigenvalue weighted by Crippen LogP contribution is 2.33. The predicted octanol–water partition coefficient (Wildman–Crippen LogP) is 4.79. The molecule has 1 unspecified atom stereocenters. The summed E-state index contributed by atoms with van der Waals surface area (Å²) in [5, 5.41) is 6.17. The van der Waals surface area contributed by atoms with Crippen LogP contribution in [-0.2, 0) is 11.0 Å². The van der Waals surface area contributed by atoms with E-state index >= 15 is 0 Å². The maximum absolute atomic E-state index is 13.4. The van der Waals surface area contributed by atoms with Crippen molar-refractivity contribution in [3.8, 4) is 0 Å². The van der Waals surface area contributed by atoms with Crippen LogP contribution in [0.4, 0.5) is 23.2 Å². The number of alkyl halides is 3. The summed E-state index contributed by atoms with van der Waals surface area (Å²) in [7, 11) is 0. The molecule has 2 aromatic carbocycles. The molecule has 0 fully saturated rings. The summed E-state index contributed by atoms with van der Waals surface area (Å²) in [5.74, 6) is 3.95. The first-order chi connectivity index (χ1) is 13.0. The van der Waals surface area contributed by atoms with Crippen LogP contribution in [0.5, 0.6) is 0 Å². The molecule has 28 heavy (non-hydrogen) atoms. The quantitative estimate of drug-likeness (QED) is 0.331. The van der Waals surface area contributed by atoms with Gasteiger partial charge in [-0.25, -0.2) is 4.39 Å². The number of halogens is 4. The van der Waals surface area contributed by atoms with Gasteiger partial charge >= 0.3 is 6.18 Å². The van der Waals surface area contributed by atoms with E-state index in [2.05, 4.69) is 10.4 Å². The fourth-order valence-corrected chi connectivity index (χ4v) is 2.72. The third-order valence-electron chi connectivity index (χ3n) is 4.40. The lowest BCUT2D eigenvalue weighted by atomic mass is 9.97. The van der Waals surface area contributed by atoms with Gasteiger partial charge in [-0.15, -0.1) is 0 Å². The Labute approximate surface area is 160 Å². The van der Waals surface area contributed by atoms with Crippen molar-refractivity contribution in [2.45, 2.75) is 33.4 Å². The predicted molar refractivity (Wildman–Crippen MR) is 100 cm³/mol. The number of hydrazone groups is 1. The van der Waals surface area contributed by atoms with Crippen molar-refractivity contribution in [3.05, 3.63) is 64.5 Å². The first-order valence-corrected chi connectivity index (χ1v) is 8.55. The molecule has 8 heteroatoms. The van der Waals surface area contributed by atoms with E-state index in [1.54, 1.807) is 19.9 Å². The average molecular weight is 395 g/mol. The lowest BCUT2D eigenvalue weighted by molar-refractivity contribution is -0.138. The zero-order valence-electron chi connectivity index (χ0n) is 15.7. The molecule has 0 spiro atoms. The van der Waals surface area contributed by atoms with Gasteiger partial charge in [-0.2, -0.15) is 18.3 Å². The second-order valence-electron chi connectivity index (χ2n) is 6.66. The number of nitrogens with one attached hydrogen (secondary N) is 1. The monoisotopic (exact) mass is 395 g/mol. The summed E-state index contributed by atoms with van der Waals surface area (Å²) < 4.78 is 52.5. The van der Waals surface area contributed by atoms with Crippen molar-refractivity contribution >= 4 is 17.3 Å². The second-order valence-corrected chi connectivity index (χ2v) is 6.66. The third-order valence-corrected chi connectivity index (χ3v) is 4.40. The van der Waals surface area contributed by atoms with Crippen LogP contribution in [0.1, 0.15) is 35.6 Å². The minimum absolute atomic E-state index is 0.0543. The Balaban J connectivity index is 2.13. The highest BCUT2D eigenvalue weighted by atomic mass is 19.4. The van der Waals surface area contributed by atoms with Crippen molar-refractivity contribution in [2.75, 3.05) is 5.32 Å². The fraction of sp³-hybridized carbons (Fsp3) is 0.300. The van der Waals surface area contributed by atoms with Gasteiger partial charge in [0.2, 0.25) is 5.91 Å². The van der Waals surface area contributed by atoms with E-state index in [9.17, 15) is 22.4 Å². The number of carbonyl (C=O) groups is 1. The number of hydrogen-bond donors (Lipinski definition) is 2. The van der Waals surface area contributed by atoms with Gasteiger partial charge in [0, 0.05) is 18.0 Å². The Morgan fingerprint density at radius 3 is 2.39 bits per heavy atom. The minimum atomic E-state index is -4.50. The van der Waals surface area contributed by atoms with Crippen LogP contribution in [0.2, 0.25) is 0 Å². The molecule has 1 amide bonds. The number of aryl methyl sites for hydroxylation is 2. The fourth-order valence-electron chi connectivity index (χ4n) is 2.72. The molecule has 4 nitrogen and oxygen atoms in total. The number of amides is 1. The maximum atomic E-state index is 13.4. The van der Waals surface area contributed by atoms with E-state index in [1.165, 1.54) is 31.2 Å². The molecule has 1 atom stereocenters. The van der Waals surface area contributed by atoms with Gasteiger partial charge in [0.15, 0.2) is 0 Å². The van der Waals surface area contributed by atoms with E-state index < -0.39 is 23.6 Å². The molecule has 0 saturated heterocycles. The number of benzene rings is 2. The SMILES string of the molecule is Cc1cc(/C(CC(C)C(=O)Nc2ccc(C)c(C(F)(F)F)c2)=N/N)ccc1F. The molecule has 0 aromatic heterocycles. The second kappa shape index (κ2) is 8.41. The number of anilines is 1. The first kappa shape index (κ1) is 21.4. The molecule has 3 N–H and O–H groups in total. The Bertz CT molecular complexity index is 907. The largest absolute Gasteiger partial charge is 0.416 e. The molecular formula is C20H21F4N3O. The van der Waals surface area contributed by atoms with Gasteiger partial charge in [0.05, 0.1) is 11.3 Å². The zero-order chi connectivity index (χ0) is 21.1. The number of hydrogen-bond acceptors (Lipinski definition) is 3. The van der Waals surface area contributed by atoms with Crippen molar-refractivity contribution in [3.63, 3.8) is 0 Å². The normalized spacial score (nSPS) is 13.3. The highest BCUT2D eigenvalue weighted by Gasteiger charge is 2.32. The van der Waals surface area contributed by atoms with E-state index in [0.29, 0.717) is 16.8 Å². The Morgan fingerprint density at radius 2 is 1.82 bits per heavy atom.